The largest absolute Gasteiger partial charge is 0.456 e. The third kappa shape index (κ3) is 2.85. The van der Waals surface area contributed by atoms with Gasteiger partial charge in [0.25, 0.3) is 0 Å². The summed E-state index contributed by atoms with van der Waals surface area (Å²) in [4.78, 5) is 0. The molecule has 74 valence electrons. The minimum Gasteiger partial charge on any atom is -0.456 e. The van der Waals surface area contributed by atoms with Crippen molar-refractivity contribution in [3.8, 4) is 0 Å². The Labute approximate surface area is 105 Å². The number of hydrogen-bond acceptors (Lipinski definition) is 4. The van der Waals surface area contributed by atoms with Gasteiger partial charge < -0.3 is 8.83 Å². The topological polar surface area (TPSA) is 26.3 Å². The van der Waals surface area contributed by atoms with E-state index in [-0.39, 0.29) is 0 Å². The predicted molar refractivity (Wildman–Crippen MR) is 64.5 cm³/mol. The van der Waals surface area contributed by atoms with Crippen LogP contribution < -0.4 is 0 Å². The number of furan rings is 2. The molecule has 0 spiro atoms. The molecule has 0 saturated carbocycles. The van der Waals surface area contributed by atoms with Gasteiger partial charge in [-0.3, -0.25) is 0 Å². The van der Waals surface area contributed by atoms with Crippen molar-refractivity contribution >= 4 is 53.4 Å². The fourth-order valence-corrected chi connectivity index (χ4v) is 3.37. The first-order valence-electron chi connectivity index (χ1n) is 3.56. The third-order valence-corrected chi connectivity index (χ3v) is 4.20. The molecule has 0 saturated heterocycles. The summed E-state index contributed by atoms with van der Waals surface area (Å²) in [7, 11) is 3.03. The van der Waals surface area contributed by atoms with Crippen molar-refractivity contribution in [1.82, 2.24) is 0 Å². The molecule has 2 heterocycles. The highest BCUT2D eigenvalue weighted by atomic mass is 79.9. The zero-order valence-corrected chi connectivity index (χ0v) is 11.5. The minimum atomic E-state index is 0.842. The lowest BCUT2D eigenvalue weighted by Crippen LogP contribution is -1.57. The molecule has 0 unspecified atom stereocenters. The zero-order valence-electron chi connectivity index (χ0n) is 6.70. The Kier molecular flexibility index (Phi) is 3.70. The third-order valence-electron chi connectivity index (χ3n) is 1.29. The summed E-state index contributed by atoms with van der Waals surface area (Å²) in [6.07, 6.45) is 3.31. The predicted octanol–water partition coefficient (Wildman–Crippen LogP) is 5.20. The molecule has 0 amide bonds. The van der Waals surface area contributed by atoms with Crippen LogP contribution in [0.15, 0.2) is 52.6 Å². The Morgan fingerprint density at radius 1 is 0.857 bits per heavy atom. The summed E-state index contributed by atoms with van der Waals surface area (Å²) >= 11 is 6.63. The van der Waals surface area contributed by atoms with E-state index in [1.165, 1.54) is 21.6 Å². The highest BCUT2D eigenvalue weighted by Gasteiger charge is 2.05. The molecule has 2 rings (SSSR count). The molecular weight excluding hydrogens is 352 g/mol. The molecule has 0 aliphatic carbocycles. The number of rotatable bonds is 3. The van der Waals surface area contributed by atoms with Gasteiger partial charge >= 0.3 is 0 Å². The van der Waals surface area contributed by atoms with Crippen molar-refractivity contribution in [2.45, 2.75) is 10.2 Å². The quantitative estimate of drug-likeness (QED) is 0.707. The molecule has 0 aromatic carbocycles. The Hall–Kier alpha value is 0.220. The van der Waals surface area contributed by atoms with E-state index in [9.17, 15) is 0 Å². The molecule has 2 aromatic rings. The summed E-state index contributed by atoms with van der Waals surface area (Å²) in [6, 6.07) is 3.82. The van der Waals surface area contributed by atoms with Gasteiger partial charge in [-0.25, -0.2) is 0 Å². The minimum absolute atomic E-state index is 0.842. The van der Waals surface area contributed by atoms with E-state index >= 15 is 0 Å². The van der Waals surface area contributed by atoms with Gasteiger partial charge in [-0.1, -0.05) is 0 Å². The van der Waals surface area contributed by atoms with Gasteiger partial charge in [0, 0.05) is 12.1 Å². The maximum Gasteiger partial charge on any atom is 0.172 e. The van der Waals surface area contributed by atoms with Crippen molar-refractivity contribution in [3.05, 3.63) is 33.6 Å². The molecule has 0 atom stereocenters. The molecule has 0 N–H and O–H groups in total. The van der Waals surface area contributed by atoms with E-state index in [2.05, 4.69) is 31.9 Å². The Morgan fingerprint density at radius 3 is 1.57 bits per heavy atom. The van der Waals surface area contributed by atoms with Gasteiger partial charge in [0.15, 0.2) is 10.2 Å². The van der Waals surface area contributed by atoms with Crippen LogP contribution in [0.2, 0.25) is 0 Å². The lowest BCUT2D eigenvalue weighted by atomic mass is 10.7. The average Bonchev–Trinajstić information content (AvgIpc) is 2.72. The monoisotopic (exact) mass is 354 g/mol. The van der Waals surface area contributed by atoms with E-state index in [0.717, 1.165) is 19.1 Å². The molecule has 0 radical (unpaired) electrons. The summed E-state index contributed by atoms with van der Waals surface area (Å²) in [5, 5.41) is 1.68. The van der Waals surface area contributed by atoms with Crippen LogP contribution in [0.4, 0.5) is 0 Å². The maximum absolute atomic E-state index is 5.23. The zero-order chi connectivity index (χ0) is 9.97. The van der Waals surface area contributed by atoms with Crippen LogP contribution in [0.1, 0.15) is 0 Å². The molecule has 0 bridgehead atoms. The van der Waals surface area contributed by atoms with Crippen molar-refractivity contribution in [1.29, 1.82) is 0 Å². The SMILES string of the molecule is Brc1coc(SSc2cc(Br)co2)c1. The first-order chi connectivity index (χ1) is 6.74. The van der Waals surface area contributed by atoms with Crippen LogP contribution >= 0.6 is 53.4 Å². The normalized spacial score (nSPS) is 10.7. The van der Waals surface area contributed by atoms with Crippen LogP contribution in [0, 0.1) is 0 Å². The summed E-state index contributed by atoms with van der Waals surface area (Å²) < 4.78 is 12.4. The van der Waals surface area contributed by atoms with Gasteiger partial charge in [0.05, 0.1) is 8.95 Å². The Bertz CT molecular complexity index is 384. The van der Waals surface area contributed by atoms with E-state index in [0.29, 0.717) is 0 Å². The van der Waals surface area contributed by atoms with E-state index < -0.39 is 0 Å². The number of hydrogen-bond donors (Lipinski definition) is 0. The Balaban J connectivity index is 1.94. The molecule has 0 aliphatic heterocycles. The van der Waals surface area contributed by atoms with Crippen LogP contribution in [-0.2, 0) is 0 Å². The molecule has 14 heavy (non-hydrogen) atoms. The van der Waals surface area contributed by atoms with Gasteiger partial charge in [-0.2, -0.15) is 0 Å². The standard InChI is InChI=1S/C8H4Br2O2S2/c9-5-1-7(11-3-5)13-14-8-2-6(10)4-12-8/h1-4H. The summed E-state index contributed by atoms with van der Waals surface area (Å²) in [6.45, 7) is 0. The van der Waals surface area contributed by atoms with Crippen LogP contribution in [0.25, 0.3) is 0 Å². The van der Waals surface area contributed by atoms with Crippen LogP contribution in [-0.4, -0.2) is 0 Å². The first-order valence-corrected chi connectivity index (χ1v) is 7.30. The fourth-order valence-electron chi connectivity index (χ4n) is 0.760. The Morgan fingerprint density at radius 2 is 1.29 bits per heavy atom. The van der Waals surface area contributed by atoms with E-state index in [4.69, 9.17) is 8.83 Å². The number of halogens is 2. The summed E-state index contributed by atoms with van der Waals surface area (Å²) in [5.41, 5.74) is 0. The van der Waals surface area contributed by atoms with Crippen molar-refractivity contribution in [2.75, 3.05) is 0 Å². The summed E-state index contributed by atoms with van der Waals surface area (Å²) in [5.74, 6) is 0. The molecule has 2 nitrogen and oxygen atoms in total. The molecular formula is C8H4Br2O2S2. The van der Waals surface area contributed by atoms with Crippen molar-refractivity contribution in [2.24, 2.45) is 0 Å². The lowest BCUT2D eigenvalue weighted by Gasteiger charge is -1.91. The van der Waals surface area contributed by atoms with Crippen LogP contribution in [0.3, 0.4) is 0 Å². The van der Waals surface area contributed by atoms with E-state index in [1.54, 1.807) is 12.5 Å². The lowest BCUT2D eigenvalue weighted by molar-refractivity contribution is 0.472. The highest BCUT2D eigenvalue weighted by molar-refractivity contribution is 9.10. The first kappa shape index (κ1) is 10.7. The van der Waals surface area contributed by atoms with Gasteiger partial charge in [-0.15, -0.1) is 0 Å². The average molecular weight is 356 g/mol. The second-order valence-electron chi connectivity index (χ2n) is 2.33. The van der Waals surface area contributed by atoms with Crippen molar-refractivity contribution in [3.63, 3.8) is 0 Å². The molecule has 2 aromatic heterocycles. The smallest absolute Gasteiger partial charge is 0.172 e. The van der Waals surface area contributed by atoms with Crippen LogP contribution in [0.5, 0.6) is 0 Å². The van der Waals surface area contributed by atoms with E-state index in [1.807, 2.05) is 12.1 Å². The highest BCUT2D eigenvalue weighted by Crippen LogP contribution is 2.40. The van der Waals surface area contributed by atoms with Gasteiger partial charge in [0.2, 0.25) is 0 Å². The second kappa shape index (κ2) is 4.83. The maximum atomic E-state index is 5.23. The molecule has 0 fully saturated rings. The molecule has 0 aliphatic rings. The fraction of sp³-hybridized carbons (Fsp3) is 0. The van der Waals surface area contributed by atoms with Crippen molar-refractivity contribution < 1.29 is 8.83 Å². The van der Waals surface area contributed by atoms with Gasteiger partial charge in [-0.05, 0) is 53.4 Å². The molecule has 6 heteroatoms. The van der Waals surface area contributed by atoms with Gasteiger partial charge in [0.1, 0.15) is 12.5 Å². The second-order valence-corrected chi connectivity index (χ2v) is 6.30.